The summed E-state index contributed by atoms with van der Waals surface area (Å²) in [5.41, 5.74) is 2.47. The average molecular weight is 456 g/mol. The molecule has 0 radical (unpaired) electrons. The monoisotopic (exact) mass is 455 g/mol. The Morgan fingerprint density at radius 3 is 1.59 bits per heavy atom. The van der Waals surface area contributed by atoms with Gasteiger partial charge in [-0.15, -0.1) is 0 Å². The van der Waals surface area contributed by atoms with Gasteiger partial charge in [0.1, 0.15) is 12.0 Å². The molecule has 7 heteroatoms. The van der Waals surface area contributed by atoms with Crippen LogP contribution >= 0.6 is 0 Å². The number of carbonyl (C=O) groups excluding carboxylic acids is 4. The van der Waals surface area contributed by atoms with Crippen molar-refractivity contribution in [3.05, 3.63) is 108 Å². The summed E-state index contributed by atoms with van der Waals surface area (Å²) in [4.78, 5) is 53.4. The standard InChI is InChI=1S/C27H25N3O4/c31-24-22(25(32)28-16-19-10-4-1-5-11-19)23(26(33)29-17-20-12-6-2-7-13-20)30(27(24)34)18-21-14-8-3-9-15-21/h1-15,22-23H,16-18H2,(H,28,32)(H,29,33)/t22-,23-/m1/s1. The molecule has 1 aliphatic heterocycles. The molecule has 7 nitrogen and oxygen atoms in total. The number of likely N-dealkylation sites (tertiary alicyclic amines) is 1. The average Bonchev–Trinajstić information content (AvgIpc) is 3.13. The van der Waals surface area contributed by atoms with E-state index in [2.05, 4.69) is 10.6 Å². The molecule has 0 unspecified atom stereocenters. The van der Waals surface area contributed by atoms with E-state index in [1.807, 2.05) is 78.9 Å². The molecule has 2 N–H and O–H groups in total. The summed E-state index contributed by atoms with van der Waals surface area (Å²) < 4.78 is 0. The predicted octanol–water partition coefficient (Wildman–Crippen LogP) is 2.22. The molecule has 0 aromatic heterocycles. The van der Waals surface area contributed by atoms with Crippen LogP contribution in [-0.4, -0.2) is 34.4 Å². The Balaban J connectivity index is 1.56. The van der Waals surface area contributed by atoms with E-state index in [-0.39, 0.29) is 19.6 Å². The summed E-state index contributed by atoms with van der Waals surface area (Å²) >= 11 is 0. The largest absolute Gasteiger partial charge is 0.351 e. The molecule has 34 heavy (non-hydrogen) atoms. The molecule has 0 aliphatic carbocycles. The lowest BCUT2D eigenvalue weighted by atomic mass is 9.96. The molecule has 1 aliphatic rings. The highest BCUT2D eigenvalue weighted by atomic mass is 16.2. The predicted molar refractivity (Wildman–Crippen MR) is 126 cm³/mol. The first-order valence-corrected chi connectivity index (χ1v) is 11.1. The van der Waals surface area contributed by atoms with Gasteiger partial charge in [0, 0.05) is 19.6 Å². The Morgan fingerprint density at radius 1 is 0.647 bits per heavy atom. The lowest BCUT2D eigenvalue weighted by Crippen LogP contribution is -2.50. The van der Waals surface area contributed by atoms with Crippen LogP contribution in [0.3, 0.4) is 0 Å². The molecule has 1 heterocycles. The number of ketones is 1. The molecule has 1 fully saturated rings. The van der Waals surface area contributed by atoms with Crippen molar-refractivity contribution in [2.24, 2.45) is 5.92 Å². The second kappa shape index (κ2) is 10.6. The Kier molecular flexibility index (Phi) is 7.13. The fraction of sp³-hybridized carbons (Fsp3) is 0.185. The second-order valence-corrected chi connectivity index (χ2v) is 8.11. The van der Waals surface area contributed by atoms with Gasteiger partial charge in [-0.25, -0.2) is 0 Å². The maximum atomic E-state index is 13.3. The highest BCUT2D eigenvalue weighted by Crippen LogP contribution is 2.26. The van der Waals surface area contributed by atoms with Crippen molar-refractivity contribution in [2.75, 3.05) is 0 Å². The molecule has 3 aromatic rings. The first-order valence-electron chi connectivity index (χ1n) is 11.1. The fourth-order valence-electron chi connectivity index (χ4n) is 4.01. The number of rotatable bonds is 8. The Hall–Kier alpha value is -4.26. The number of carbonyl (C=O) groups is 4. The van der Waals surface area contributed by atoms with Crippen molar-refractivity contribution >= 4 is 23.5 Å². The highest BCUT2D eigenvalue weighted by molar-refractivity contribution is 6.44. The zero-order valence-corrected chi connectivity index (χ0v) is 18.5. The minimum Gasteiger partial charge on any atom is -0.351 e. The lowest BCUT2D eigenvalue weighted by Gasteiger charge is -2.26. The number of hydrogen-bond donors (Lipinski definition) is 2. The van der Waals surface area contributed by atoms with E-state index in [4.69, 9.17) is 0 Å². The third kappa shape index (κ3) is 5.20. The van der Waals surface area contributed by atoms with Crippen molar-refractivity contribution in [3.8, 4) is 0 Å². The maximum absolute atomic E-state index is 13.3. The molecular formula is C27H25N3O4. The summed E-state index contributed by atoms with van der Waals surface area (Å²) in [6, 6.07) is 26.3. The molecule has 2 atom stereocenters. The van der Waals surface area contributed by atoms with Crippen LogP contribution in [0.1, 0.15) is 16.7 Å². The number of benzene rings is 3. The number of amides is 3. The summed E-state index contributed by atoms with van der Waals surface area (Å²) in [5.74, 6) is -4.31. The van der Waals surface area contributed by atoms with Crippen molar-refractivity contribution in [2.45, 2.75) is 25.7 Å². The smallest absolute Gasteiger partial charge is 0.291 e. The zero-order chi connectivity index (χ0) is 23.9. The van der Waals surface area contributed by atoms with Gasteiger partial charge in [-0.3, -0.25) is 19.2 Å². The number of nitrogens with one attached hydrogen (secondary N) is 2. The van der Waals surface area contributed by atoms with Crippen LogP contribution in [0.4, 0.5) is 0 Å². The van der Waals surface area contributed by atoms with E-state index in [0.717, 1.165) is 16.7 Å². The third-order valence-corrected chi connectivity index (χ3v) is 5.77. The summed E-state index contributed by atoms with van der Waals surface area (Å²) in [5, 5.41) is 5.51. The van der Waals surface area contributed by atoms with Gasteiger partial charge in [-0.2, -0.15) is 0 Å². The lowest BCUT2D eigenvalue weighted by molar-refractivity contribution is -0.142. The second-order valence-electron chi connectivity index (χ2n) is 8.11. The first kappa shape index (κ1) is 22.9. The molecule has 0 bridgehead atoms. The molecule has 0 spiro atoms. The minimum absolute atomic E-state index is 0.0529. The molecule has 4 rings (SSSR count). The van der Waals surface area contributed by atoms with Gasteiger partial charge in [0.15, 0.2) is 0 Å². The molecular weight excluding hydrogens is 430 g/mol. The number of nitrogens with zero attached hydrogens (tertiary/aromatic N) is 1. The van der Waals surface area contributed by atoms with Gasteiger partial charge in [0.25, 0.3) is 5.91 Å². The van der Waals surface area contributed by atoms with E-state index in [9.17, 15) is 19.2 Å². The van der Waals surface area contributed by atoms with Gasteiger partial charge in [0.2, 0.25) is 17.6 Å². The van der Waals surface area contributed by atoms with E-state index in [0.29, 0.717) is 0 Å². The topological polar surface area (TPSA) is 95.6 Å². The van der Waals surface area contributed by atoms with Gasteiger partial charge in [-0.1, -0.05) is 91.0 Å². The van der Waals surface area contributed by atoms with Crippen molar-refractivity contribution in [1.29, 1.82) is 0 Å². The Labute approximate surface area is 197 Å². The van der Waals surface area contributed by atoms with Gasteiger partial charge >= 0.3 is 0 Å². The van der Waals surface area contributed by atoms with Crippen molar-refractivity contribution in [1.82, 2.24) is 15.5 Å². The molecule has 0 saturated carbocycles. The van der Waals surface area contributed by atoms with Crippen LogP contribution in [0.25, 0.3) is 0 Å². The van der Waals surface area contributed by atoms with E-state index >= 15 is 0 Å². The van der Waals surface area contributed by atoms with Crippen LogP contribution in [0, 0.1) is 5.92 Å². The molecule has 1 saturated heterocycles. The highest BCUT2D eigenvalue weighted by Gasteiger charge is 2.54. The normalized spacial score (nSPS) is 17.5. The van der Waals surface area contributed by atoms with E-state index in [1.54, 1.807) is 12.1 Å². The first-order chi connectivity index (χ1) is 16.5. The third-order valence-electron chi connectivity index (χ3n) is 5.77. The Bertz CT molecular complexity index is 1170. The van der Waals surface area contributed by atoms with Crippen LogP contribution in [-0.2, 0) is 38.8 Å². The molecule has 172 valence electrons. The van der Waals surface area contributed by atoms with E-state index in [1.165, 1.54) is 4.90 Å². The zero-order valence-electron chi connectivity index (χ0n) is 18.5. The summed E-state index contributed by atoms with van der Waals surface area (Å²) in [6.07, 6.45) is 0. The SMILES string of the molecule is O=C(NCc1ccccc1)[C@H]1C(=O)C(=O)N(Cc2ccccc2)[C@H]1C(=O)NCc1ccccc1. The number of Topliss-reactive ketones (excluding diaryl/α,β-unsaturated/α-hetero) is 1. The fourth-order valence-corrected chi connectivity index (χ4v) is 4.01. The van der Waals surface area contributed by atoms with Crippen molar-refractivity contribution in [3.63, 3.8) is 0 Å². The summed E-state index contributed by atoms with van der Waals surface area (Å²) in [6.45, 7) is 0.460. The quantitative estimate of drug-likeness (QED) is 0.402. The van der Waals surface area contributed by atoms with Gasteiger partial charge in [-0.05, 0) is 16.7 Å². The minimum atomic E-state index is -1.42. The van der Waals surface area contributed by atoms with Gasteiger partial charge < -0.3 is 15.5 Å². The van der Waals surface area contributed by atoms with E-state index < -0.39 is 35.5 Å². The summed E-state index contributed by atoms with van der Waals surface area (Å²) in [7, 11) is 0. The van der Waals surface area contributed by atoms with Crippen LogP contribution < -0.4 is 10.6 Å². The number of hydrogen-bond acceptors (Lipinski definition) is 4. The molecule has 3 aromatic carbocycles. The maximum Gasteiger partial charge on any atom is 0.291 e. The molecule has 3 amide bonds. The van der Waals surface area contributed by atoms with Crippen molar-refractivity contribution < 1.29 is 19.2 Å². The van der Waals surface area contributed by atoms with Crippen LogP contribution in [0.2, 0.25) is 0 Å². The van der Waals surface area contributed by atoms with Gasteiger partial charge in [0.05, 0.1) is 0 Å². The van der Waals surface area contributed by atoms with Crippen LogP contribution in [0.15, 0.2) is 91.0 Å². The Morgan fingerprint density at radius 2 is 1.09 bits per heavy atom. The van der Waals surface area contributed by atoms with Crippen LogP contribution in [0.5, 0.6) is 0 Å².